The van der Waals surface area contributed by atoms with Gasteiger partial charge in [-0.1, -0.05) is 0 Å². The van der Waals surface area contributed by atoms with Crippen LogP contribution in [0.5, 0.6) is 5.88 Å². The molecule has 0 aliphatic heterocycles. The van der Waals surface area contributed by atoms with Crippen molar-refractivity contribution in [2.45, 2.75) is 13.1 Å². The second kappa shape index (κ2) is 4.55. The standard InChI is InChI=1S/C12H8BrF3N4O/c1-5-9(13)20-10-6(3-4-7(19-10)21-2)18-8(11(20)17-5)12(14,15)16/h3-4H,1-2H3. The van der Waals surface area contributed by atoms with Gasteiger partial charge in [-0.3, -0.25) is 4.40 Å². The highest BCUT2D eigenvalue weighted by Crippen LogP contribution is 2.34. The number of hydrogen-bond donors (Lipinski definition) is 0. The Morgan fingerprint density at radius 1 is 1.14 bits per heavy atom. The number of aryl methyl sites for hydroxylation is 1. The topological polar surface area (TPSA) is 52.3 Å². The summed E-state index contributed by atoms with van der Waals surface area (Å²) in [7, 11) is 1.43. The number of hydrogen-bond acceptors (Lipinski definition) is 4. The first-order valence-electron chi connectivity index (χ1n) is 5.79. The average molecular weight is 361 g/mol. The van der Waals surface area contributed by atoms with Crippen LogP contribution >= 0.6 is 15.9 Å². The Balaban J connectivity index is 2.54. The third-order valence-electron chi connectivity index (χ3n) is 2.94. The number of nitrogens with zero attached hydrogens (tertiary/aromatic N) is 4. The molecule has 9 heteroatoms. The SMILES string of the molecule is COc1ccc2nc(C(F)(F)F)c3nc(C)c(Br)n3c2n1. The van der Waals surface area contributed by atoms with E-state index in [-0.39, 0.29) is 22.7 Å². The molecule has 0 unspecified atom stereocenters. The van der Waals surface area contributed by atoms with Gasteiger partial charge in [-0.2, -0.15) is 18.2 Å². The van der Waals surface area contributed by atoms with Crippen LogP contribution in [0.2, 0.25) is 0 Å². The Hall–Kier alpha value is -1.90. The predicted octanol–water partition coefficient (Wildman–Crippen LogP) is 3.38. The highest BCUT2D eigenvalue weighted by molar-refractivity contribution is 9.10. The summed E-state index contributed by atoms with van der Waals surface area (Å²) >= 11 is 3.24. The molecule has 0 aromatic carbocycles. The van der Waals surface area contributed by atoms with E-state index in [0.717, 1.165) is 0 Å². The molecule has 3 heterocycles. The van der Waals surface area contributed by atoms with Gasteiger partial charge in [0.25, 0.3) is 0 Å². The van der Waals surface area contributed by atoms with E-state index in [0.29, 0.717) is 10.3 Å². The minimum atomic E-state index is -4.60. The zero-order valence-corrected chi connectivity index (χ0v) is 12.4. The van der Waals surface area contributed by atoms with Crippen LogP contribution in [-0.2, 0) is 6.18 Å². The number of imidazole rings is 1. The van der Waals surface area contributed by atoms with Crippen LogP contribution in [-0.4, -0.2) is 26.5 Å². The zero-order valence-electron chi connectivity index (χ0n) is 10.9. The Labute approximate surface area is 124 Å². The van der Waals surface area contributed by atoms with Gasteiger partial charge < -0.3 is 4.74 Å². The number of fused-ring (bicyclic) bond motifs is 3. The third kappa shape index (κ3) is 2.11. The van der Waals surface area contributed by atoms with Gasteiger partial charge >= 0.3 is 6.18 Å². The normalized spacial score (nSPS) is 12.3. The fraction of sp³-hybridized carbons (Fsp3) is 0.250. The Morgan fingerprint density at radius 3 is 2.48 bits per heavy atom. The van der Waals surface area contributed by atoms with Crippen molar-refractivity contribution in [2.75, 3.05) is 7.11 Å². The van der Waals surface area contributed by atoms with Crippen molar-refractivity contribution >= 4 is 32.7 Å². The van der Waals surface area contributed by atoms with Crippen molar-refractivity contribution in [2.24, 2.45) is 0 Å². The summed E-state index contributed by atoms with van der Waals surface area (Å²) in [6, 6.07) is 2.89. The van der Waals surface area contributed by atoms with Gasteiger partial charge in [0.15, 0.2) is 17.0 Å². The Bertz CT molecular complexity index is 859. The molecular formula is C12H8BrF3N4O. The van der Waals surface area contributed by atoms with Crippen LogP contribution in [0.4, 0.5) is 13.2 Å². The van der Waals surface area contributed by atoms with Crippen molar-refractivity contribution in [1.29, 1.82) is 0 Å². The van der Waals surface area contributed by atoms with Gasteiger partial charge in [0.05, 0.1) is 12.8 Å². The Kier molecular flexibility index (Phi) is 3.05. The number of rotatable bonds is 1. The van der Waals surface area contributed by atoms with Gasteiger partial charge in [-0.25, -0.2) is 9.97 Å². The molecular weight excluding hydrogens is 353 g/mol. The maximum absolute atomic E-state index is 13.2. The molecule has 0 N–H and O–H groups in total. The molecule has 21 heavy (non-hydrogen) atoms. The lowest BCUT2D eigenvalue weighted by atomic mass is 10.3. The van der Waals surface area contributed by atoms with E-state index < -0.39 is 11.9 Å². The van der Waals surface area contributed by atoms with Crippen LogP contribution in [0.25, 0.3) is 16.8 Å². The summed E-state index contributed by atoms with van der Waals surface area (Å²) in [5.41, 5.74) is -0.575. The van der Waals surface area contributed by atoms with E-state index in [1.54, 1.807) is 6.92 Å². The predicted molar refractivity (Wildman–Crippen MR) is 72.3 cm³/mol. The van der Waals surface area contributed by atoms with Crippen molar-refractivity contribution in [3.8, 4) is 5.88 Å². The molecule has 0 aliphatic rings. The highest BCUT2D eigenvalue weighted by atomic mass is 79.9. The fourth-order valence-electron chi connectivity index (χ4n) is 2.01. The molecule has 0 saturated carbocycles. The molecule has 0 bridgehead atoms. The molecule has 0 atom stereocenters. The molecule has 0 radical (unpaired) electrons. The minimum Gasteiger partial charge on any atom is -0.481 e. The van der Waals surface area contributed by atoms with Gasteiger partial charge in [-0.05, 0) is 28.9 Å². The summed E-state index contributed by atoms with van der Waals surface area (Å²) in [6.07, 6.45) is -4.60. The van der Waals surface area contributed by atoms with Crippen LogP contribution < -0.4 is 4.74 Å². The van der Waals surface area contributed by atoms with E-state index in [4.69, 9.17) is 4.74 Å². The molecule has 3 rings (SSSR count). The number of pyridine rings is 1. The lowest BCUT2D eigenvalue weighted by Gasteiger charge is -2.10. The van der Waals surface area contributed by atoms with Gasteiger partial charge in [0, 0.05) is 6.07 Å². The minimum absolute atomic E-state index is 0.105. The van der Waals surface area contributed by atoms with E-state index in [1.807, 2.05) is 0 Å². The van der Waals surface area contributed by atoms with Crippen molar-refractivity contribution in [1.82, 2.24) is 19.4 Å². The molecule has 0 fully saturated rings. The number of ether oxygens (including phenoxy) is 1. The van der Waals surface area contributed by atoms with E-state index in [9.17, 15) is 13.2 Å². The maximum atomic E-state index is 13.2. The zero-order chi connectivity index (χ0) is 15.4. The van der Waals surface area contributed by atoms with Gasteiger partial charge in [0.2, 0.25) is 5.88 Å². The summed E-state index contributed by atoms with van der Waals surface area (Å²) < 4.78 is 46.2. The summed E-state index contributed by atoms with van der Waals surface area (Å²) in [5.74, 6) is 0.281. The van der Waals surface area contributed by atoms with Crippen LogP contribution in [0, 0.1) is 6.92 Å². The lowest BCUT2D eigenvalue weighted by molar-refractivity contribution is -0.139. The lowest BCUT2D eigenvalue weighted by Crippen LogP contribution is -2.12. The largest absolute Gasteiger partial charge is 0.481 e. The highest BCUT2D eigenvalue weighted by Gasteiger charge is 2.37. The smallest absolute Gasteiger partial charge is 0.437 e. The second-order valence-corrected chi connectivity index (χ2v) is 5.05. The van der Waals surface area contributed by atoms with Crippen LogP contribution in [0.3, 0.4) is 0 Å². The molecule has 0 spiro atoms. The number of halogens is 4. The van der Waals surface area contributed by atoms with E-state index in [1.165, 1.54) is 23.6 Å². The number of aromatic nitrogens is 4. The third-order valence-corrected chi connectivity index (χ3v) is 3.87. The summed E-state index contributed by atoms with van der Waals surface area (Å²) in [4.78, 5) is 11.8. The molecule has 0 amide bonds. The van der Waals surface area contributed by atoms with Gasteiger partial charge in [0.1, 0.15) is 10.1 Å². The maximum Gasteiger partial charge on any atom is 0.437 e. The summed E-state index contributed by atoms with van der Waals surface area (Å²) in [6.45, 7) is 1.60. The van der Waals surface area contributed by atoms with Crippen molar-refractivity contribution in [3.63, 3.8) is 0 Å². The number of methoxy groups -OCH3 is 1. The molecule has 0 saturated heterocycles. The van der Waals surface area contributed by atoms with Crippen LogP contribution in [0.15, 0.2) is 16.7 Å². The summed E-state index contributed by atoms with van der Waals surface area (Å²) in [5, 5.41) is 0. The molecule has 3 aromatic rings. The monoisotopic (exact) mass is 360 g/mol. The second-order valence-electron chi connectivity index (χ2n) is 4.30. The molecule has 5 nitrogen and oxygen atoms in total. The van der Waals surface area contributed by atoms with Crippen LogP contribution in [0.1, 0.15) is 11.4 Å². The first kappa shape index (κ1) is 14.1. The molecule has 0 aliphatic carbocycles. The fourth-order valence-corrected chi connectivity index (χ4v) is 2.44. The quantitative estimate of drug-likeness (QED) is 0.667. The van der Waals surface area contributed by atoms with E-state index >= 15 is 0 Å². The number of alkyl halides is 3. The molecule has 110 valence electrons. The van der Waals surface area contributed by atoms with Gasteiger partial charge in [-0.15, -0.1) is 0 Å². The Morgan fingerprint density at radius 2 is 1.86 bits per heavy atom. The van der Waals surface area contributed by atoms with Crippen molar-refractivity contribution < 1.29 is 17.9 Å². The first-order chi connectivity index (χ1) is 9.82. The van der Waals surface area contributed by atoms with E-state index in [2.05, 4.69) is 30.9 Å². The van der Waals surface area contributed by atoms with Crippen molar-refractivity contribution in [3.05, 3.63) is 28.1 Å². The molecule has 3 aromatic heterocycles. The first-order valence-corrected chi connectivity index (χ1v) is 6.58. The average Bonchev–Trinajstić information content (AvgIpc) is 2.72.